The summed E-state index contributed by atoms with van der Waals surface area (Å²) in [5, 5.41) is 4.59. The summed E-state index contributed by atoms with van der Waals surface area (Å²) in [4.78, 5) is 12.8. The molecule has 0 saturated heterocycles. The molecule has 2 aromatic carbocycles. The topological polar surface area (TPSA) is 29.1 Å². The fourth-order valence-electron chi connectivity index (χ4n) is 1.50. The minimum atomic E-state index is -0.120. The Hall–Kier alpha value is -2.00. The number of carbonyl (C=O) groups excluding carboxylic acids is 1. The molecule has 0 radical (unpaired) electrons. The average molecular weight is 269 g/mol. The van der Waals surface area contributed by atoms with Crippen LogP contribution in [0.3, 0.4) is 0 Å². The van der Waals surface area contributed by atoms with E-state index >= 15 is 0 Å². The summed E-state index contributed by atoms with van der Waals surface area (Å²) < 4.78 is 0. The van der Waals surface area contributed by atoms with Gasteiger partial charge in [-0.25, -0.2) is 0 Å². The van der Waals surface area contributed by atoms with E-state index in [1.165, 1.54) is 23.4 Å². The van der Waals surface area contributed by atoms with E-state index in [-0.39, 0.29) is 5.91 Å². The van der Waals surface area contributed by atoms with Crippen molar-refractivity contribution in [2.45, 2.75) is 11.8 Å². The molecule has 0 fully saturated rings. The molecule has 1 amide bonds. The molecule has 1 N–H and O–H groups in total. The van der Waals surface area contributed by atoms with Crippen molar-refractivity contribution in [3.63, 3.8) is 0 Å². The summed E-state index contributed by atoms with van der Waals surface area (Å²) in [6.07, 6.45) is 1.54. The van der Waals surface area contributed by atoms with E-state index in [2.05, 4.69) is 24.4 Å². The monoisotopic (exact) mass is 269 g/mol. The van der Waals surface area contributed by atoms with Crippen LogP contribution in [-0.4, -0.2) is 5.91 Å². The van der Waals surface area contributed by atoms with Gasteiger partial charge < -0.3 is 5.32 Å². The molecular weight excluding hydrogens is 254 g/mol. The Morgan fingerprint density at radius 2 is 1.74 bits per heavy atom. The van der Waals surface area contributed by atoms with Crippen molar-refractivity contribution in [3.8, 4) is 0 Å². The highest BCUT2D eigenvalue weighted by atomic mass is 32.2. The standard InChI is InChI=1S/C16H15NOS/c1-13-7-9-15(10-8-13)19-12-11-16(18)17-14-5-3-2-4-6-14/h2-12H,1H3,(H,17,18)/b12-11+. The summed E-state index contributed by atoms with van der Waals surface area (Å²) in [5.74, 6) is -0.120. The predicted octanol–water partition coefficient (Wildman–Crippen LogP) is 4.24. The lowest BCUT2D eigenvalue weighted by atomic mass is 10.2. The lowest BCUT2D eigenvalue weighted by molar-refractivity contribution is -0.111. The maximum atomic E-state index is 11.6. The zero-order chi connectivity index (χ0) is 13.5. The third-order valence-corrected chi connectivity index (χ3v) is 3.30. The van der Waals surface area contributed by atoms with Crippen molar-refractivity contribution in [1.82, 2.24) is 0 Å². The predicted molar refractivity (Wildman–Crippen MR) is 81.2 cm³/mol. The highest BCUT2D eigenvalue weighted by Gasteiger charge is 1.96. The molecule has 2 aromatic rings. The summed E-state index contributed by atoms with van der Waals surface area (Å²) >= 11 is 1.53. The molecule has 0 unspecified atom stereocenters. The molecule has 0 aliphatic heterocycles. The Balaban J connectivity index is 1.85. The van der Waals surface area contributed by atoms with E-state index < -0.39 is 0 Å². The molecule has 0 bridgehead atoms. The zero-order valence-electron chi connectivity index (χ0n) is 10.7. The maximum Gasteiger partial charge on any atom is 0.248 e. The smallest absolute Gasteiger partial charge is 0.248 e. The number of aryl methyl sites for hydroxylation is 1. The van der Waals surface area contributed by atoms with Gasteiger partial charge in [0.15, 0.2) is 0 Å². The number of hydrogen-bond donors (Lipinski definition) is 1. The van der Waals surface area contributed by atoms with E-state index in [4.69, 9.17) is 0 Å². The average Bonchev–Trinajstić information content (AvgIpc) is 2.42. The summed E-state index contributed by atoms with van der Waals surface area (Å²) in [7, 11) is 0. The maximum absolute atomic E-state index is 11.6. The van der Waals surface area contributed by atoms with Crippen LogP contribution < -0.4 is 5.32 Å². The summed E-state index contributed by atoms with van der Waals surface area (Å²) in [5.41, 5.74) is 2.03. The minimum absolute atomic E-state index is 0.120. The first-order valence-electron chi connectivity index (χ1n) is 6.00. The molecule has 0 heterocycles. The lowest BCUT2D eigenvalue weighted by Crippen LogP contribution is -2.07. The first-order valence-corrected chi connectivity index (χ1v) is 6.88. The van der Waals surface area contributed by atoms with Gasteiger partial charge in [-0.2, -0.15) is 0 Å². The van der Waals surface area contributed by atoms with Gasteiger partial charge in [0.05, 0.1) is 0 Å². The van der Waals surface area contributed by atoms with Gasteiger partial charge >= 0.3 is 0 Å². The fourth-order valence-corrected chi connectivity index (χ4v) is 2.14. The number of anilines is 1. The lowest BCUT2D eigenvalue weighted by Gasteiger charge is -2.00. The number of benzene rings is 2. The van der Waals surface area contributed by atoms with E-state index in [0.29, 0.717) is 0 Å². The normalized spacial score (nSPS) is 10.6. The highest BCUT2D eigenvalue weighted by Crippen LogP contribution is 2.19. The summed E-state index contributed by atoms with van der Waals surface area (Å²) in [6.45, 7) is 2.05. The third kappa shape index (κ3) is 4.64. The number of rotatable bonds is 4. The van der Waals surface area contributed by atoms with Crippen molar-refractivity contribution in [3.05, 3.63) is 71.6 Å². The van der Waals surface area contributed by atoms with Crippen molar-refractivity contribution < 1.29 is 4.79 Å². The van der Waals surface area contributed by atoms with Gasteiger partial charge in [-0.3, -0.25) is 4.79 Å². The zero-order valence-corrected chi connectivity index (χ0v) is 11.5. The van der Waals surface area contributed by atoms with Crippen LogP contribution in [0.5, 0.6) is 0 Å². The van der Waals surface area contributed by atoms with Gasteiger partial charge in [0.25, 0.3) is 0 Å². The number of carbonyl (C=O) groups is 1. The third-order valence-electron chi connectivity index (χ3n) is 2.49. The van der Waals surface area contributed by atoms with Gasteiger partial charge in [-0.1, -0.05) is 47.7 Å². The largest absolute Gasteiger partial charge is 0.322 e. The minimum Gasteiger partial charge on any atom is -0.322 e. The van der Waals surface area contributed by atoms with Crippen LogP contribution in [0.25, 0.3) is 0 Å². The Labute approximate surface area is 117 Å². The van der Waals surface area contributed by atoms with E-state index in [1.807, 2.05) is 42.5 Å². The Morgan fingerprint density at radius 1 is 1.05 bits per heavy atom. The van der Waals surface area contributed by atoms with E-state index in [9.17, 15) is 4.79 Å². The van der Waals surface area contributed by atoms with E-state index in [1.54, 1.807) is 5.41 Å². The fraction of sp³-hybridized carbons (Fsp3) is 0.0625. The van der Waals surface area contributed by atoms with Crippen molar-refractivity contribution in [1.29, 1.82) is 0 Å². The molecule has 0 aromatic heterocycles. The van der Waals surface area contributed by atoms with Crippen LogP contribution in [0, 0.1) is 6.92 Å². The molecule has 0 aliphatic rings. The number of hydrogen-bond acceptors (Lipinski definition) is 2. The van der Waals surface area contributed by atoms with Crippen LogP contribution in [0.15, 0.2) is 71.0 Å². The van der Waals surface area contributed by atoms with Gasteiger partial charge in [0.1, 0.15) is 0 Å². The van der Waals surface area contributed by atoms with Crippen molar-refractivity contribution >= 4 is 23.4 Å². The molecule has 0 atom stereocenters. The van der Waals surface area contributed by atoms with Gasteiger partial charge in [-0.15, -0.1) is 0 Å². The van der Waals surface area contributed by atoms with Crippen LogP contribution in [0.2, 0.25) is 0 Å². The molecule has 96 valence electrons. The molecule has 3 heteroatoms. The molecule has 2 nitrogen and oxygen atoms in total. The quantitative estimate of drug-likeness (QED) is 0.664. The Bertz CT molecular complexity index is 561. The molecule has 2 rings (SSSR count). The van der Waals surface area contributed by atoms with Crippen molar-refractivity contribution in [2.24, 2.45) is 0 Å². The summed E-state index contributed by atoms with van der Waals surface area (Å²) in [6, 6.07) is 17.6. The van der Waals surface area contributed by atoms with Crippen LogP contribution in [0.1, 0.15) is 5.56 Å². The Kier molecular flexibility index (Phi) is 4.81. The second kappa shape index (κ2) is 6.81. The van der Waals surface area contributed by atoms with Gasteiger partial charge in [0, 0.05) is 16.7 Å². The highest BCUT2D eigenvalue weighted by molar-refractivity contribution is 8.02. The molecular formula is C16H15NOS. The Morgan fingerprint density at radius 3 is 2.42 bits per heavy atom. The molecule has 0 aliphatic carbocycles. The number of nitrogens with one attached hydrogen (secondary N) is 1. The van der Waals surface area contributed by atoms with Gasteiger partial charge in [-0.05, 0) is 36.6 Å². The number of para-hydroxylation sites is 1. The second-order valence-electron chi connectivity index (χ2n) is 4.09. The van der Waals surface area contributed by atoms with Crippen LogP contribution >= 0.6 is 11.8 Å². The van der Waals surface area contributed by atoms with Gasteiger partial charge in [0.2, 0.25) is 5.91 Å². The first kappa shape index (κ1) is 13.4. The second-order valence-corrected chi connectivity index (χ2v) is 5.07. The molecule has 0 spiro atoms. The number of thioether (sulfide) groups is 1. The van der Waals surface area contributed by atoms with E-state index in [0.717, 1.165) is 10.6 Å². The SMILES string of the molecule is Cc1ccc(S/C=C/C(=O)Nc2ccccc2)cc1. The first-order chi connectivity index (χ1) is 9.24. The molecule has 0 saturated carbocycles. The van der Waals surface area contributed by atoms with Crippen LogP contribution in [0.4, 0.5) is 5.69 Å². The molecule has 19 heavy (non-hydrogen) atoms. The number of amides is 1. The van der Waals surface area contributed by atoms with Crippen LogP contribution in [-0.2, 0) is 4.79 Å². The van der Waals surface area contributed by atoms with Crippen molar-refractivity contribution in [2.75, 3.05) is 5.32 Å².